The number of benzene rings is 2. The summed E-state index contributed by atoms with van der Waals surface area (Å²) in [6.07, 6.45) is 6.55. The van der Waals surface area contributed by atoms with Crippen molar-refractivity contribution in [1.29, 1.82) is 0 Å². The molecule has 0 fully saturated rings. The minimum atomic E-state index is -0.498. The maximum absolute atomic E-state index is 5.79. The Labute approximate surface area is 162 Å². The molecule has 2 heterocycles. The molecule has 0 amide bonds. The molecular weight excluding hydrogens is 352 g/mol. The van der Waals surface area contributed by atoms with Crippen molar-refractivity contribution >= 4 is 34.1 Å². The van der Waals surface area contributed by atoms with E-state index in [4.69, 9.17) is 31.8 Å². The molecule has 0 radical (unpaired) electrons. The molecule has 4 aromatic rings. The van der Waals surface area contributed by atoms with Crippen molar-refractivity contribution < 1.29 is 8.83 Å². The molecule has 0 aliphatic rings. The van der Waals surface area contributed by atoms with Gasteiger partial charge in [0.05, 0.1) is 12.3 Å². The first-order valence-electron chi connectivity index (χ1n) is 8.94. The fourth-order valence-electron chi connectivity index (χ4n) is 3.04. The van der Waals surface area contributed by atoms with Gasteiger partial charge < -0.3 is 31.8 Å². The van der Waals surface area contributed by atoms with Gasteiger partial charge in [0.1, 0.15) is 22.7 Å². The largest absolute Gasteiger partial charge is 0.457 e. The zero-order valence-electron chi connectivity index (χ0n) is 15.2. The van der Waals surface area contributed by atoms with E-state index in [0.29, 0.717) is 0 Å². The van der Waals surface area contributed by atoms with Gasteiger partial charge in [0, 0.05) is 10.8 Å². The van der Waals surface area contributed by atoms with Crippen molar-refractivity contribution in [3.63, 3.8) is 0 Å². The summed E-state index contributed by atoms with van der Waals surface area (Å²) < 4.78 is 11.6. The molecule has 2 aromatic heterocycles. The van der Waals surface area contributed by atoms with E-state index in [1.54, 1.807) is 0 Å². The lowest BCUT2D eigenvalue weighted by molar-refractivity contribution is 0.603. The van der Waals surface area contributed by atoms with Crippen LogP contribution in [0.5, 0.6) is 0 Å². The van der Waals surface area contributed by atoms with Gasteiger partial charge >= 0.3 is 0 Å². The van der Waals surface area contributed by atoms with E-state index in [0.717, 1.165) is 44.6 Å². The van der Waals surface area contributed by atoms with Gasteiger partial charge in [-0.3, -0.25) is 0 Å². The Hall–Kier alpha value is -3.16. The Morgan fingerprint density at radius 3 is 1.43 bits per heavy atom. The first-order chi connectivity index (χ1) is 13.5. The van der Waals surface area contributed by atoms with Crippen LogP contribution in [0.3, 0.4) is 0 Å². The fraction of sp³-hybridized carbons (Fsp3) is 0.0909. The van der Waals surface area contributed by atoms with Crippen molar-refractivity contribution in [2.75, 3.05) is 0 Å². The zero-order chi connectivity index (χ0) is 19.7. The van der Waals surface area contributed by atoms with Crippen molar-refractivity contribution in [3.8, 4) is 0 Å². The van der Waals surface area contributed by atoms with Crippen molar-refractivity contribution in [2.24, 2.45) is 22.9 Å². The highest BCUT2D eigenvalue weighted by atomic mass is 16.3. The van der Waals surface area contributed by atoms with E-state index in [9.17, 15) is 0 Å². The molecule has 0 unspecified atom stereocenters. The molecule has 0 atom stereocenters. The lowest BCUT2D eigenvalue weighted by atomic mass is 10.1. The van der Waals surface area contributed by atoms with E-state index < -0.39 is 12.3 Å². The monoisotopic (exact) mass is 374 g/mol. The van der Waals surface area contributed by atoms with E-state index in [-0.39, 0.29) is 0 Å². The summed E-state index contributed by atoms with van der Waals surface area (Å²) in [6.45, 7) is 0. The molecule has 0 spiro atoms. The second-order valence-electron chi connectivity index (χ2n) is 6.66. The van der Waals surface area contributed by atoms with Gasteiger partial charge in [0.25, 0.3) is 0 Å². The van der Waals surface area contributed by atoms with Gasteiger partial charge in [-0.25, -0.2) is 0 Å². The number of nitrogens with two attached hydrogens (primary N) is 4. The lowest BCUT2D eigenvalue weighted by Crippen LogP contribution is -2.19. The molecule has 6 nitrogen and oxygen atoms in total. The first-order valence-corrected chi connectivity index (χ1v) is 8.94. The minimum Gasteiger partial charge on any atom is -0.457 e. The standard InChI is InChI=1S/C22H22N4O2/c23-21(24)13-5-7-19-15(9-13)11-17(27-19)3-1-2-4-18-12-16-10-14(22(25)26)6-8-20(16)28-18/h1-12,21-22H,23-26H2/b3-1+,4-2+. The van der Waals surface area contributed by atoms with Gasteiger partial charge in [0.2, 0.25) is 0 Å². The molecule has 0 aliphatic heterocycles. The average Bonchev–Trinajstić information content (AvgIpc) is 3.26. The van der Waals surface area contributed by atoms with Crippen LogP contribution in [0.15, 0.2) is 69.5 Å². The summed E-state index contributed by atoms with van der Waals surface area (Å²) in [5.74, 6) is 1.49. The van der Waals surface area contributed by atoms with E-state index in [1.165, 1.54) is 0 Å². The molecule has 2 aromatic carbocycles. The summed E-state index contributed by atoms with van der Waals surface area (Å²) in [5, 5.41) is 1.93. The van der Waals surface area contributed by atoms with Crippen LogP contribution in [-0.4, -0.2) is 0 Å². The Morgan fingerprint density at radius 1 is 0.607 bits per heavy atom. The Balaban J connectivity index is 1.50. The highest BCUT2D eigenvalue weighted by Gasteiger charge is 2.06. The first kappa shape index (κ1) is 18.2. The number of fused-ring (bicyclic) bond motifs is 2. The average molecular weight is 374 g/mol. The van der Waals surface area contributed by atoms with Crippen LogP contribution in [0.25, 0.3) is 34.1 Å². The van der Waals surface area contributed by atoms with Gasteiger partial charge in [-0.15, -0.1) is 0 Å². The second kappa shape index (κ2) is 7.46. The minimum absolute atomic E-state index is 0.498. The summed E-state index contributed by atoms with van der Waals surface area (Å²) in [5.41, 5.74) is 26.2. The SMILES string of the molecule is NC(N)c1ccc2oc(/C=C/C=C/c3cc4cc(C(N)N)ccc4o3)cc2c1. The Morgan fingerprint density at radius 2 is 1.04 bits per heavy atom. The van der Waals surface area contributed by atoms with Crippen LogP contribution in [0.2, 0.25) is 0 Å². The smallest absolute Gasteiger partial charge is 0.134 e. The lowest BCUT2D eigenvalue weighted by Gasteiger charge is -2.03. The summed E-state index contributed by atoms with van der Waals surface area (Å²) in [4.78, 5) is 0. The highest BCUT2D eigenvalue weighted by Crippen LogP contribution is 2.24. The third-order valence-corrected chi connectivity index (χ3v) is 4.52. The molecule has 0 saturated carbocycles. The van der Waals surface area contributed by atoms with Crippen molar-refractivity contribution in [3.05, 3.63) is 83.3 Å². The number of rotatable bonds is 5. The summed E-state index contributed by atoms with van der Waals surface area (Å²) >= 11 is 0. The van der Waals surface area contributed by atoms with Gasteiger partial charge in [-0.1, -0.05) is 24.3 Å². The third kappa shape index (κ3) is 3.76. The van der Waals surface area contributed by atoms with E-state index >= 15 is 0 Å². The second-order valence-corrected chi connectivity index (χ2v) is 6.66. The normalized spacial score (nSPS) is 12.6. The van der Waals surface area contributed by atoms with E-state index in [1.807, 2.05) is 72.8 Å². The molecular formula is C22H22N4O2. The topological polar surface area (TPSA) is 130 Å². The van der Waals surface area contributed by atoms with Gasteiger partial charge in [-0.2, -0.15) is 0 Å². The predicted molar refractivity (Wildman–Crippen MR) is 113 cm³/mol. The summed E-state index contributed by atoms with van der Waals surface area (Å²) in [6, 6.07) is 15.3. The van der Waals surface area contributed by atoms with Crippen LogP contribution < -0.4 is 22.9 Å². The van der Waals surface area contributed by atoms with Crippen molar-refractivity contribution in [2.45, 2.75) is 12.3 Å². The van der Waals surface area contributed by atoms with Gasteiger partial charge in [0.15, 0.2) is 0 Å². The van der Waals surface area contributed by atoms with Crippen LogP contribution in [0, 0.1) is 0 Å². The number of allylic oxidation sites excluding steroid dienone is 2. The van der Waals surface area contributed by atoms with E-state index in [2.05, 4.69) is 0 Å². The summed E-state index contributed by atoms with van der Waals surface area (Å²) in [7, 11) is 0. The molecule has 142 valence electrons. The number of hydrogen-bond acceptors (Lipinski definition) is 6. The Kier molecular flexibility index (Phi) is 4.85. The van der Waals surface area contributed by atoms with Crippen molar-refractivity contribution in [1.82, 2.24) is 0 Å². The van der Waals surface area contributed by atoms with Crippen LogP contribution >= 0.6 is 0 Å². The number of hydrogen-bond donors (Lipinski definition) is 4. The third-order valence-electron chi connectivity index (χ3n) is 4.52. The molecule has 8 N–H and O–H groups in total. The molecule has 0 aliphatic carbocycles. The molecule has 28 heavy (non-hydrogen) atoms. The van der Waals surface area contributed by atoms with Gasteiger partial charge in [-0.05, 0) is 59.7 Å². The molecule has 4 rings (SSSR count). The Bertz CT molecular complexity index is 1090. The van der Waals surface area contributed by atoms with Crippen LogP contribution in [-0.2, 0) is 0 Å². The maximum atomic E-state index is 5.79. The molecule has 6 heteroatoms. The molecule has 0 saturated heterocycles. The quantitative estimate of drug-likeness (QED) is 0.311. The highest BCUT2D eigenvalue weighted by molar-refractivity contribution is 5.82. The number of furan rings is 2. The van der Waals surface area contributed by atoms with Crippen LogP contribution in [0.4, 0.5) is 0 Å². The predicted octanol–water partition coefficient (Wildman–Crippen LogP) is 3.74. The molecule has 0 bridgehead atoms. The zero-order valence-corrected chi connectivity index (χ0v) is 15.2. The fourth-order valence-corrected chi connectivity index (χ4v) is 3.04. The van der Waals surface area contributed by atoms with Crippen LogP contribution in [0.1, 0.15) is 35.0 Å². The maximum Gasteiger partial charge on any atom is 0.134 e.